The van der Waals surface area contributed by atoms with Crippen molar-refractivity contribution in [2.45, 2.75) is 26.2 Å². The highest BCUT2D eigenvalue weighted by atomic mass is 35.5. The van der Waals surface area contributed by atoms with Crippen molar-refractivity contribution in [2.75, 3.05) is 41.0 Å². The van der Waals surface area contributed by atoms with Crippen molar-refractivity contribution in [1.29, 1.82) is 0 Å². The standard InChI is InChI=1S/C25H32N2O5.ClH/c1-5-25-13-17(25)14-27(15-25)24(28)19-12-20(22(30-3)23(31-4)21(19)29-2)32-18-8-6-16(7-9-18)10-11-26;/h6-9,12,17H,5,10-11,13-15,26H2,1-4H3;1H/t17-,25+;/m0./s1. The Kier molecular flexibility index (Phi) is 7.65. The Labute approximate surface area is 201 Å². The van der Waals surface area contributed by atoms with E-state index >= 15 is 0 Å². The number of carbonyl (C=O) groups is 1. The number of hydrogen-bond acceptors (Lipinski definition) is 6. The fourth-order valence-corrected chi connectivity index (χ4v) is 4.90. The highest BCUT2D eigenvalue weighted by Gasteiger charge is 2.59. The lowest BCUT2D eigenvalue weighted by Gasteiger charge is -2.24. The molecule has 2 atom stereocenters. The topological polar surface area (TPSA) is 83.3 Å². The van der Waals surface area contributed by atoms with Gasteiger partial charge in [0.2, 0.25) is 11.5 Å². The van der Waals surface area contributed by atoms with Gasteiger partial charge in [-0.15, -0.1) is 12.4 Å². The molecule has 7 nitrogen and oxygen atoms in total. The molecule has 0 bridgehead atoms. The van der Waals surface area contributed by atoms with Gasteiger partial charge in [-0.1, -0.05) is 19.1 Å². The molecular weight excluding hydrogens is 444 g/mol. The van der Waals surface area contributed by atoms with Crippen molar-refractivity contribution in [2.24, 2.45) is 17.1 Å². The summed E-state index contributed by atoms with van der Waals surface area (Å²) in [6.45, 7) is 4.35. The maximum atomic E-state index is 13.5. The number of amides is 1. The third kappa shape index (κ3) is 4.57. The summed E-state index contributed by atoms with van der Waals surface area (Å²) in [6.07, 6.45) is 3.11. The quantitative estimate of drug-likeness (QED) is 0.581. The third-order valence-electron chi connectivity index (χ3n) is 6.88. The van der Waals surface area contributed by atoms with Gasteiger partial charge in [0.05, 0.1) is 26.9 Å². The Balaban J connectivity index is 0.00000306. The summed E-state index contributed by atoms with van der Waals surface area (Å²) in [7, 11) is 4.59. The molecule has 2 aromatic carbocycles. The molecule has 1 amide bonds. The number of ether oxygens (including phenoxy) is 4. The van der Waals surface area contributed by atoms with Crippen LogP contribution in [0.1, 0.15) is 35.7 Å². The van der Waals surface area contributed by atoms with Crippen LogP contribution in [-0.4, -0.2) is 51.8 Å². The monoisotopic (exact) mass is 476 g/mol. The number of nitrogens with two attached hydrogens (primary N) is 1. The van der Waals surface area contributed by atoms with Gasteiger partial charge in [0.25, 0.3) is 5.91 Å². The number of methoxy groups -OCH3 is 3. The normalized spacial score (nSPS) is 20.5. The second-order valence-corrected chi connectivity index (χ2v) is 8.61. The molecule has 1 saturated heterocycles. The minimum atomic E-state index is -0.0778. The summed E-state index contributed by atoms with van der Waals surface area (Å²) < 4.78 is 22.9. The Morgan fingerprint density at radius 1 is 1.09 bits per heavy atom. The molecule has 2 fully saturated rings. The van der Waals surface area contributed by atoms with Crippen LogP contribution in [0.3, 0.4) is 0 Å². The van der Waals surface area contributed by atoms with Gasteiger partial charge in [-0.25, -0.2) is 0 Å². The van der Waals surface area contributed by atoms with E-state index in [-0.39, 0.29) is 18.3 Å². The first-order valence-electron chi connectivity index (χ1n) is 11.1. The molecule has 1 aliphatic heterocycles. The second kappa shape index (κ2) is 10.1. The molecule has 8 heteroatoms. The number of benzene rings is 2. The van der Waals surface area contributed by atoms with E-state index in [1.807, 2.05) is 29.2 Å². The van der Waals surface area contributed by atoms with E-state index in [9.17, 15) is 4.79 Å². The fraction of sp³-hybridized carbons (Fsp3) is 0.480. The van der Waals surface area contributed by atoms with Crippen molar-refractivity contribution >= 4 is 18.3 Å². The predicted molar refractivity (Wildman–Crippen MR) is 129 cm³/mol. The van der Waals surface area contributed by atoms with Crippen LogP contribution in [0.2, 0.25) is 0 Å². The van der Waals surface area contributed by atoms with E-state index in [0.29, 0.717) is 52.2 Å². The van der Waals surface area contributed by atoms with Crippen LogP contribution in [-0.2, 0) is 6.42 Å². The molecule has 0 aromatic heterocycles. The first-order chi connectivity index (χ1) is 15.5. The molecule has 33 heavy (non-hydrogen) atoms. The number of rotatable bonds is 9. The summed E-state index contributed by atoms with van der Waals surface area (Å²) in [5.41, 5.74) is 7.47. The van der Waals surface area contributed by atoms with E-state index in [2.05, 4.69) is 6.92 Å². The van der Waals surface area contributed by atoms with Gasteiger partial charge in [-0.3, -0.25) is 4.79 Å². The number of piperidine rings is 1. The predicted octanol–water partition coefficient (Wildman–Crippen LogP) is 4.30. The second-order valence-electron chi connectivity index (χ2n) is 8.61. The van der Waals surface area contributed by atoms with Gasteiger partial charge >= 0.3 is 0 Å². The average molecular weight is 477 g/mol. The number of nitrogens with zero attached hydrogens (tertiary/aromatic N) is 1. The minimum absolute atomic E-state index is 0. The van der Waals surface area contributed by atoms with E-state index in [1.54, 1.807) is 6.07 Å². The molecule has 0 spiro atoms. The van der Waals surface area contributed by atoms with Gasteiger partial charge in [-0.05, 0) is 54.8 Å². The largest absolute Gasteiger partial charge is 0.492 e. The molecular formula is C25H33ClN2O5. The SMILES string of the molecule is CC[C@]12C[C@H]1CN(C(=O)c1cc(Oc3ccc(CCN)cc3)c(OC)c(OC)c1OC)C2.Cl. The molecule has 2 N–H and O–H groups in total. The number of carbonyl (C=O) groups excluding carboxylic acids is 1. The summed E-state index contributed by atoms with van der Waals surface area (Å²) in [6, 6.07) is 9.40. The summed E-state index contributed by atoms with van der Waals surface area (Å²) in [4.78, 5) is 15.4. The number of likely N-dealkylation sites (tertiary alicyclic amines) is 1. The lowest BCUT2D eigenvalue weighted by molar-refractivity contribution is 0.0759. The van der Waals surface area contributed by atoms with Crippen LogP contribution in [0.25, 0.3) is 0 Å². The zero-order valence-electron chi connectivity index (χ0n) is 19.7. The van der Waals surface area contributed by atoms with Gasteiger partial charge in [-0.2, -0.15) is 0 Å². The molecule has 180 valence electrons. The Bertz CT molecular complexity index is 993. The first-order valence-corrected chi connectivity index (χ1v) is 11.1. The molecule has 4 rings (SSSR count). The van der Waals surface area contributed by atoms with Crippen LogP contribution in [0.4, 0.5) is 0 Å². The Morgan fingerprint density at radius 2 is 1.76 bits per heavy atom. The molecule has 1 saturated carbocycles. The van der Waals surface area contributed by atoms with Gasteiger partial charge < -0.3 is 29.6 Å². The molecule has 2 aliphatic rings. The highest BCUT2D eigenvalue weighted by Crippen LogP contribution is 2.60. The van der Waals surface area contributed by atoms with Gasteiger partial charge in [0.15, 0.2) is 11.5 Å². The smallest absolute Gasteiger partial charge is 0.257 e. The van der Waals surface area contributed by atoms with Crippen molar-refractivity contribution in [3.63, 3.8) is 0 Å². The van der Waals surface area contributed by atoms with Crippen LogP contribution in [0, 0.1) is 11.3 Å². The molecule has 0 unspecified atom stereocenters. The summed E-state index contributed by atoms with van der Waals surface area (Å²) in [5, 5.41) is 0. The van der Waals surface area contributed by atoms with E-state index in [1.165, 1.54) is 27.8 Å². The van der Waals surface area contributed by atoms with Crippen molar-refractivity contribution in [1.82, 2.24) is 4.90 Å². The average Bonchev–Trinajstić information content (AvgIpc) is 3.38. The lowest BCUT2D eigenvalue weighted by atomic mass is 10.0. The Hall–Kier alpha value is -2.64. The van der Waals surface area contributed by atoms with Crippen molar-refractivity contribution in [3.8, 4) is 28.7 Å². The lowest BCUT2D eigenvalue weighted by Crippen LogP contribution is -2.32. The molecule has 1 heterocycles. The maximum absolute atomic E-state index is 13.5. The Morgan fingerprint density at radius 3 is 2.30 bits per heavy atom. The summed E-state index contributed by atoms with van der Waals surface area (Å²) in [5.74, 6) is 2.62. The third-order valence-corrected chi connectivity index (χ3v) is 6.88. The molecule has 0 radical (unpaired) electrons. The zero-order chi connectivity index (χ0) is 22.9. The van der Waals surface area contributed by atoms with E-state index in [4.69, 9.17) is 24.7 Å². The van der Waals surface area contributed by atoms with Crippen LogP contribution in [0.15, 0.2) is 30.3 Å². The van der Waals surface area contributed by atoms with E-state index in [0.717, 1.165) is 31.5 Å². The molecule has 2 aromatic rings. The molecule has 1 aliphatic carbocycles. The van der Waals surface area contributed by atoms with Crippen LogP contribution < -0.4 is 24.7 Å². The summed E-state index contributed by atoms with van der Waals surface area (Å²) >= 11 is 0. The highest BCUT2D eigenvalue weighted by molar-refractivity contribution is 5.99. The number of halogens is 1. The number of fused-ring (bicyclic) bond motifs is 1. The fourth-order valence-electron chi connectivity index (χ4n) is 4.90. The first kappa shape index (κ1) is 25.0. The van der Waals surface area contributed by atoms with Crippen LogP contribution >= 0.6 is 12.4 Å². The van der Waals surface area contributed by atoms with Crippen molar-refractivity contribution < 1.29 is 23.7 Å². The zero-order valence-corrected chi connectivity index (χ0v) is 20.5. The van der Waals surface area contributed by atoms with Crippen molar-refractivity contribution in [3.05, 3.63) is 41.5 Å². The van der Waals surface area contributed by atoms with E-state index < -0.39 is 0 Å². The van der Waals surface area contributed by atoms with Gasteiger partial charge in [0, 0.05) is 19.2 Å². The number of hydrogen-bond donors (Lipinski definition) is 1. The van der Waals surface area contributed by atoms with Crippen LogP contribution in [0.5, 0.6) is 28.7 Å². The minimum Gasteiger partial charge on any atom is -0.492 e. The maximum Gasteiger partial charge on any atom is 0.257 e. The van der Waals surface area contributed by atoms with Gasteiger partial charge in [0.1, 0.15) is 5.75 Å².